The van der Waals surface area contributed by atoms with Crippen LogP contribution in [0.3, 0.4) is 0 Å². The Morgan fingerprint density at radius 2 is 1.84 bits per heavy atom. The van der Waals surface area contributed by atoms with Crippen molar-refractivity contribution < 1.29 is 19.1 Å². The largest absolute Gasteiger partial charge is 0.493 e. The molecule has 1 saturated heterocycles. The van der Waals surface area contributed by atoms with E-state index >= 15 is 0 Å². The van der Waals surface area contributed by atoms with Gasteiger partial charge in [0.25, 0.3) is 5.91 Å². The number of methoxy groups -OCH3 is 1. The van der Waals surface area contributed by atoms with Gasteiger partial charge in [0.05, 0.1) is 20.3 Å². The second kappa shape index (κ2) is 10.4. The van der Waals surface area contributed by atoms with Crippen LogP contribution in [0.25, 0.3) is 0 Å². The number of amides is 2. The summed E-state index contributed by atoms with van der Waals surface area (Å²) in [6, 6.07) is 9.04. The second-order valence-electron chi connectivity index (χ2n) is 8.46. The lowest BCUT2D eigenvalue weighted by molar-refractivity contribution is -0.159. The summed E-state index contributed by atoms with van der Waals surface area (Å²) >= 11 is 1.60. The maximum Gasteiger partial charge on any atom is 0.250 e. The van der Waals surface area contributed by atoms with Gasteiger partial charge in [-0.2, -0.15) is 0 Å². The maximum absolute atomic E-state index is 13.9. The summed E-state index contributed by atoms with van der Waals surface area (Å²) in [4.78, 5) is 31.9. The van der Waals surface area contributed by atoms with Gasteiger partial charge in [0, 0.05) is 10.9 Å². The number of nitrogens with zero attached hydrogens (tertiary/aromatic N) is 2. The molecule has 4 rings (SSSR count). The van der Waals surface area contributed by atoms with Crippen LogP contribution in [-0.2, 0) is 16.1 Å². The topological polar surface area (TPSA) is 59.1 Å². The molecule has 2 amide bonds. The van der Waals surface area contributed by atoms with Crippen molar-refractivity contribution in [3.05, 3.63) is 46.2 Å². The summed E-state index contributed by atoms with van der Waals surface area (Å²) in [7, 11) is 1.59. The molecule has 2 aromatic rings. The number of piperazine rings is 1. The number of thiophene rings is 1. The van der Waals surface area contributed by atoms with Crippen molar-refractivity contribution in [3.63, 3.8) is 0 Å². The minimum Gasteiger partial charge on any atom is -0.493 e. The highest BCUT2D eigenvalue weighted by Crippen LogP contribution is 2.37. The molecule has 2 aliphatic rings. The molecule has 1 aliphatic heterocycles. The molecule has 0 unspecified atom stereocenters. The highest BCUT2D eigenvalue weighted by molar-refractivity contribution is 7.09. The van der Waals surface area contributed by atoms with E-state index < -0.39 is 6.04 Å². The molecule has 2 fully saturated rings. The van der Waals surface area contributed by atoms with Crippen LogP contribution in [0.15, 0.2) is 35.7 Å². The lowest BCUT2D eigenvalue weighted by Crippen LogP contribution is -2.57. The molecule has 172 valence electrons. The van der Waals surface area contributed by atoms with E-state index in [4.69, 9.17) is 9.47 Å². The third kappa shape index (κ3) is 4.77. The summed E-state index contributed by atoms with van der Waals surface area (Å²) < 4.78 is 11.2. The number of hydrogen-bond acceptors (Lipinski definition) is 5. The van der Waals surface area contributed by atoms with Gasteiger partial charge in [-0.05, 0) is 48.9 Å². The predicted octanol–water partition coefficient (Wildman–Crippen LogP) is 4.79. The lowest BCUT2D eigenvalue weighted by Gasteiger charge is -2.43. The SMILES string of the molecule is CCOc1ccc([C@H]2C(=O)N(C3CCCCCC3)CC(=O)N2Cc2cccs2)cc1OC. The zero-order valence-electron chi connectivity index (χ0n) is 18.9. The normalized spacial score (nSPS) is 20.4. The average Bonchev–Trinajstić information content (AvgIpc) is 3.16. The molecule has 1 aromatic heterocycles. The van der Waals surface area contributed by atoms with Crippen molar-refractivity contribution in [2.75, 3.05) is 20.3 Å². The molecule has 2 heterocycles. The Balaban J connectivity index is 1.70. The monoisotopic (exact) mass is 456 g/mol. The average molecular weight is 457 g/mol. The quantitative estimate of drug-likeness (QED) is 0.562. The summed E-state index contributed by atoms with van der Waals surface area (Å²) in [6.07, 6.45) is 6.59. The van der Waals surface area contributed by atoms with E-state index in [1.165, 1.54) is 12.8 Å². The zero-order valence-corrected chi connectivity index (χ0v) is 19.7. The molecule has 7 heteroatoms. The second-order valence-corrected chi connectivity index (χ2v) is 9.49. The van der Waals surface area contributed by atoms with Crippen LogP contribution >= 0.6 is 11.3 Å². The Morgan fingerprint density at radius 3 is 2.50 bits per heavy atom. The van der Waals surface area contributed by atoms with Crippen LogP contribution in [0.1, 0.15) is 61.9 Å². The molecular formula is C25H32N2O4S. The maximum atomic E-state index is 13.9. The van der Waals surface area contributed by atoms with Crippen LogP contribution in [0.5, 0.6) is 11.5 Å². The Bertz CT molecular complexity index is 922. The number of carbonyl (C=O) groups excluding carboxylic acids is 2. The van der Waals surface area contributed by atoms with Crippen molar-refractivity contribution in [1.82, 2.24) is 9.80 Å². The smallest absolute Gasteiger partial charge is 0.250 e. The van der Waals surface area contributed by atoms with Crippen molar-refractivity contribution in [2.24, 2.45) is 0 Å². The summed E-state index contributed by atoms with van der Waals surface area (Å²) in [6.45, 7) is 3.04. The van der Waals surface area contributed by atoms with E-state index in [9.17, 15) is 9.59 Å². The van der Waals surface area contributed by atoms with Crippen LogP contribution < -0.4 is 9.47 Å². The summed E-state index contributed by atoms with van der Waals surface area (Å²) in [5, 5.41) is 2.00. The van der Waals surface area contributed by atoms with Gasteiger partial charge in [0.2, 0.25) is 5.91 Å². The molecule has 1 atom stereocenters. The van der Waals surface area contributed by atoms with Crippen LogP contribution in [-0.4, -0.2) is 47.9 Å². The van der Waals surface area contributed by atoms with Crippen LogP contribution in [0.4, 0.5) is 0 Å². The van der Waals surface area contributed by atoms with Crippen molar-refractivity contribution in [1.29, 1.82) is 0 Å². The molecule has 1 saturated carbocycles. The summed E-state index contributed by atoms with van der Waals surface area (Å²) in [5.74, 6) is 1.23. The van der Waals surface area contributed by atoms with Crippen LogP contribution in [0.2, 0.25) is 0 Å². The molecule has 1 aromatic carbocycles. The van der Waals surface area contributed by atoms with Gasteiger partial charge < -0.3 is 19.3 Å². The third-order valence-electron chi connectivity index (χ3n) is 6.43. The van der Waals surface area contributed by atoms with E-state index in [2.05, 4.69) is 0 Å². The molecule has 0 radical (unpaired) electrons. The van der Waals surface area contributed by atoms with Gasteiger partial charge in [0.15, 0.2) is 11.5 Å². The van der Waals surface area contributed by atoms with E-state index in [1.54, 1.807) is 23.3 Å². The number of carbonyl (C=O) groups is 2. The first-order valence-electron chi connectivity index (χ1n) is 11.6. The van der Waals surface area contributed by atoms with Gasteiger partial charge in [-0.25, -0.2) is 0 Å². The molecule has 1 aliphatic carbocycles. The fraction of sp³-hybridized carbons (Fsp3) is 0.520. The molecule has 0 spiro atoms. The molecular weight excluding hydrogens is 424 g/mol. The van der Waals surface area contributed by atoms with E-state index in [0.717, 1.165) is 36.1 Å². The number of benzene rings is 1. The number of ether oxygens (including phenoxy) is 2. The third-order valence-corrected chi connectivity index (χ3v) is 7.29. The first-order chi connectivity index (χ1) is 15.6. The first-order valence-corrected chi connectivity index (χ1v) is 12.4. The van der Waals surface area contributed by atoms with Gasteiger partial charge >= 0.3 is 0 Å². The Hall–Kier alpha value is -2.54. The van der Waals surface area contributed by atoms with Crippen molar-refractivity contribution >= 4 is 23.2 Å². The minimum absolute atomic E-state index is 0.0000912. The van der Waals surface area contributed by atoms with Gasteiger partial charge in [-0.3, -0.25) is 9.59 Å². The highest BCUT2D eigenvalue weighted by atomic mass is 32.1. The number of hydrogen-bond donors (Lipinski definition) is 0. The van der Waals surface area contributed by atoms with Crippen LogP contribution in [0, 0.1) is 0 Å². The lowest BCUT2D eigenvalue weighted by atomic mass is 9.97. The minimum atomic E-state index is -0.661. The van der Waals surface area contributed by atoms with E-state index in [-0.39, 0.29) is 24.4 Å². The first kappa shape index (κ1) is 22.6. The van der Waals surface area contributed by atoms with Crippen molar-refractivity contribution in [3.8, 4) is 11.5 Å². The molecule has 0 N–H and O–H groups in total. The fourth-order valence-electron chi connectivity index (χ4n) is 4.83. The predicted molar refractivity (Wildman–Crippen MR) is 125 cm³/mol. The van der Waals surface area contributed by atoms with Gasteiger partial charge in [-0.15, -0.1) is 11.3 Å². The van der Waals surface area contributed by atoms with Crippen molar-refractivity contribution in [2.45, 2.75) is 64.1 Å². The zero-order chi connectivity index (χ0) is 22.5. The number of rotatable bonds is 7. The Kier molecular flexibility index (Phi) is 7.35. The Labute approximate surface area is 194 Å². The molecule has 6 nitrogen and oxygen atoms in total. The van der Waals surface area contributed by atoms with Gasteiger partial charge in [0.1, 0.15) is 12.6 Å². The Morgan fingerprint density at radius 1 is 1.06 bits per heavy atom. The fourth-order valence-corrected chi connectivity index (χ4v) is 5.53. The summed E-state index contributed by atoms with van der Waals surface area (Å²) in [5.41, 5.74) is 0.763. The van der Waals surface area contributed by atoms with E-state index in [0.29, 0.717) is 24.7 Å². The molecule has 32 heavy (non-hydrogen) atoms. The molecule has 0 bridgehead atoms. The standard InChI is InChI=1S/C25H32N2O4S/c1-3-31-21-13-12-18(15-22(21)30-2)24-25(29)26(19-9-6-4-5-7-10-19)17-23(28)27(24)16-20-11-8-14-32-20/h8,11-15,19,24H,3-7,9-10,16-17H2,1-2H3/t24-/m0/s1. The van der Waals surface area contributed by atoms with E-state index in [1.807, 2.05) is 47.5 Å². The van der Waals surface area contributed by atoms with Gasteiger partial charge in [-0.1, -0.05) is 37.8 Å². The highest BCUT2D eigenvalue weighted by Gasteiger charge is 2.43.